The van der Waals surface area contributed by atoms with Gasteiger partial charge in [-0.2, -0.15) is 4.31 Å². The second kappa shape index (κ2) is 15.2. The number of carbonyl (C=O) groups is 1. The molecule has 0 aromatic rings. The summed E-state index contributed by atoms with van der Waals surface area (Å²) in [5.74, 6) is 0.421. The second-order valence-corrected chi connectivity index (χ2v) is 8.72. The van der Waals surface area contributed by atoms with Gasteiger partial charge in [0.05, 0.1) is 25.1 Å². The van der Waals surface area contributed by atoms with Gasteiger partial charge >= 0.3 is 0 Å². The highest BCUT2D eigenvalue weighted by Crippen LogP contribution is 2.09. The highest BCUT2D eigenvalue weighted by atomic mass is 127. The van der Waals surface area contributed by atoms with Crippen LogP contribution >= 0.6 is 24.0 Å². The van der Waals surface area contributed by atoms with Gasteiger partial charge in [0.2, 0.25) is 15.9 Å². The van der Waals surface area contributed by atoms with E-state index in [1.807, 2.05) is 25.7 Å². The standard InChI is InChI=1S/C17H35N5O5S.HI/c1-5-18-17(20-14-16(23)19-6-11-26-4)21-7-9-22(10-8-21)28(24,25)13-12-27-15(2)3;/h15H,5-14H2,1-4H3,(H,18,20)(H,19,23);1H. The average Bonchev–Trinajstić information content (AvgIpc) is 2.65. The number of rotatable bonds is 11. The third kappa shape index (κ3) is 11.3. The van der Waals surface area contributed by atoms with Crippen molar-refractivity contribution in [3.05, 3.63) is 0 Å². The van der Waals surface area contributed by atoms with Crippen LogP contribution in [-0.2, 0) is 24.3 Å². The third-order valence-electron chi connectivity index (χ3n) is 4.06. The highest BCUT2D eigenvalue weighted by Gasteiger charge is 2.28. The fourth-order valence-corrected chi connectivity index (χ4v) is 3.90. The molecule has 0 radical (unpaired) electrons. The number of hydrogen-bond donors (Lipinski definition) is 2. The topological polar surface area (TPSA) is 113 Å². The number of nitrogens with zero attached hydrogens (tertiary/aromatic N) is 3. The minimum atomic E-state index is -3.33. The summed E-state index contributed by atoms with van der Waals surface area (Å²) in [6.07, 6.45) is 0.0117. The van der Waals surface area contributed by atoms with Gasteiger partial charge in [0, 0.05) is 46.4 Å². The Morgan fingerprint density at radius 2 is 1.79 bits per heavy atom. The van der Waals surface area contributed by atoms with Crippen molar-refractivity contribution in [1.82, 2.24) is 19.8 Å². The van der Waals surface area contributed by atoms with E-state index in [4.69, 9.17) is 9.47 Å². The van der Waals surface area contributed by atoms with E-state index in [-0.39, 0.29) is 54.9 Å². The number of ether oxygens (including phenoxy) is 2. The van der Waals surface area contributed by atoms with Crippen LogP contribution in [0.2, 0.25) is 0 Å². The molecule has 0 aliphatic carbocycles. The molecule has 0 aromatic heterocycles. The Labute approximate surface area is 191 Å². The van der Waals surface area contributed by atoms with E-state index in [0.717, 1.165) is 0 Å². The zero-order chi connectivity index (χ0) is 21.0. The largest absolute Gasteiger partial charge is 0.383 e. The number of piperazine rings is 1. The summed E-state index contributed by atoms with van der Waals surface area (Å²) in [7, 11) is -1.76. The van der Waals surface area contributed by atoms with Crippen molar-refractivity contribution in [1.29, 1.82) is 0 Å². The molecule has 0 spiro atoms. The molecule has 29 heavy (non-hydrogen) atoms. The maximum atomic E-state index is 12.4. The fourth-order valence-electron chi connectivity index (χ4n) is 2.62. The smallest absolute Gasteiger partial charge is 0.241 e. The molecule has 0 atom stereocenters. The molecule has 2 N–H and O–H groups in total. The molecule has 0 bridgehead atoms. The van der Waals surface area contributed by atoms with E-state index in [2.05, 4.69) is 15.6 Å². The first kappa shape index (κ1) is 28.3. The molecule has 172 valence electrons. The van der Waals surface area contributed by atoms with Gasteiger partial charge in [0.15, 0.2) is 5.96 Å². The minimum Gasteiger partial charge on any atom is -0.383 e. The minimum absolute atomic E-state index is 0. The van der Waals surface area contributed by atoms with Crippen molar-refractivity contribution in [3.63, 3.8) is 0 Å². The van der Waals surface area contributed by atoms with Crippen LogP contribution in [0.15, 0.2) is 4.99 Å². The van der Waals surface area contributed by atoms with Crippen LogP contribution in [0.1, 0.15) is 20.8 Å². The van der Waals surface area contributed by atoms with Gasteiger partial charge in [-0.25, -0.2) is 13.4 Å². The van der Waals surface area contributed by atoms with Gasteiger partial charge in [-0.05, 0) is 20.8 Å². The second-order valence-electron chi connectivity index (χ2n) is 6.63. The molecule has 0 aromatic carbocycles. The number of sulfonamides is 1. The van der Waals surface area contributed by atoms with Gasteiger partial charge < -0.3 is 25.0 Å². The summed E-state index contributed by atoms with van der Waals surface area (Å²) in [6, 6.07) is 0. The van der Waals surface area contributed by atoms with E-state index in [1.165, 1.54) is 4.31 Å². The van der Waals surface area contributed by atoms with Gasteiger partial charge in [-0.3, -0.25) is 4.79 Å². The van der Waals surface area contributed by atoms with Crippen LogP contribution in [0.5, 0.6) is 0 Å². The molecule has 12 heteroatoms. The molecule has 1 aliphatic rings. The van der Waals surface area contributed by atoms with E-state index in [0.29, 0.717) is 51.8 Å². The number of carbonyl (C=O) groups excluding carboxylic acids is 1. The average molecular weight is 549 g/mol. The Kier molecular flexibility index (Phi) is 14.8. The molecule has 1 heterocycles. The number of methoxy groups -OCH3 is 1. The van der Waals surface area contributed by atoms with E-state index >= 15 is 0 Å². The van der Waals surface area contributed by atoms with Crippen molar-refractivity contribution < 1.29 is 22.7 Å². The number of halogens is 1. The van der Waals surface area contributed by atoms with E-state index in [1.54, 1.807) is 7.11 Å². The molecular formula is C17H36IN5O5S. The summed E-state index contributed by atoms with van der Waals surface area (Å²) in [5, 5.41) is 5.88. The Balaban J connectivity index is 0.00000784. The van der Waals surface area contributed by atoms with Crippen LogP contribution in [-0.4, -0.2) is 107 Å². The summed E-state index contributed by atoms with van der Waals surface area (Å²) < 4.78 is 36.6. The number of aliphatic imine (C=N–C) groups is 1. The van der Waals surface area contributed by atoms with Gasteiger partial charge in [-0.1, -0.05) is 0 Å². The molecule has 1 saturated heterocycles. The van der Waals surface area contributed by atoms with Crippen molar-refractivity contribution in [2.45, 2.75) is 26.9 Å². The summed E-state index contributed by atoms with van der Waals surface area (Å²) >= 11 is 0. The van der Waals surface area contributed by atoms with Gasteiger partial charge in [-0.15, -0.1) is 24.0 Å². The Morgan fingerprint density at radius 1 is 1.14 bits per heavy atom. The highest BCUT2D eigenvalue weighted by molar-refractivity contribution is 14.0. The lowest BCUT2D eigenvalue weighted by atomic mass is 10.4. The van der Waals surface area contributed by atoms with Crippen LogP contribution in [0.25, 0.3) is 0 Å². The normalized spacial score (nSPS) is 15.9. The Bertz CT molecular complexity index is 595. The monoisotopic (exact) mass is 549 g/mol. The molecule has 1 fully saturated rings. The van der Waals surface area contributed by atoms with Gasteiger partial charge in [0.25, 0.3) is 0 Å². The van der Waals surface area contributed by atoms with Crippen molar-refractivity contribution in [3.8, 4) is 0 Å². The van der Waals surface area contributed by atoms with Gasteiger partial charge in [0.1, 0.15) is 6.54 Å². The van der Waals surface area contributed by atoms with E-state index in [9.17, 15) is 13.2 Å². The number of amides is 1. The zero-order valence-electron chi connectivity index (χ0n) is 17.8. The molecule has 1 amide bonds. The molecular weight excluding hydrogens is 513 g/mol. The molecule has 10 nitrogen and oxygen atoms in total. The van der Waals surface area contributed by atoms with Crippen LogP contribution in [0.4, 0.5) is 0 Å². The Morgan fingerprint density at radius 3 is 2.34 bits per heavy atom. The maximum absolute atomic E-state index is 12.4. The number of guanidine groups is 1. The zero-order valence-corrected chi connectivity index (χ0v) is 21.0. The lowest BCUT2D eigenvalue weighted by Gasteiger charge is -2.35. The number of nitrogens with one attached hydrogen (secondary N) is 2. The third-order valence-corrected chi connectivity index (χ3v) is 5.89. The first-order valence-electron chi connectivity index (χ1n) is 9.68. The van der Waals surface area contributed by atoms with Crippen molar-refractivity contribution in [2.75, 3.05) is 71.9 Å². The summed E-state index contributed by atoms with van der Waals surface area (Å²) in [4.78, 5) is 18.2. The lowest BCUT2D eigenvalue weighted by molar-refractivity contribution is -0.119. The molecule has 1 aliphatic heterocycles. The van der Waals surface area contributed by atoms with Crippen LogP contribution in [0.3, 0.4) is 0 Å². The Hall–Kier alpha value is -0.700. The quantitative estimate of drug-likeness (QED) is 0.158. The van der Waals surface area contributed by atoms with E-state index < -0.39 is 10.0 Å². The summed E-state index contributed by atoms with van der Waals surface area (Å²) in [5.41, 5.74) is 0. The first-order valence-corrected chi connectivity index (χ1v) is 11.3. The lowest BCUT2D eigenvalue weighted by Crippen LogP contribution is -2.54. The fraction of sp³-hybridized carbons (Fsp3) is 0.882. The van der Waals surface area contributed by atoms with Crippen molar-refractivity contribution >= 4 is 45.9 Å². The van der Waals surface area contributed by atoms with Crippen molar-refractivity contribution in [2.24, 2.45) is 4.99 Å². The molecule has 1 rings (SSSR count). The first-order chi connectivity index (χ1) is 13.3. The predicted molar refractivity (Wildman–Crippen MR) is 124 cm³/mol. The molecule has 0 unspecified atom stereocenters. The van der Waals surface area contributed by atoms with Crippen LogP contribution < -0.4 is 10.6 Å². The summed E-state index contributed by atoms with van der Waals surface area (Å²) in [6.45, 7) is 9.27. The SMILES string of the molecule is CCNC(=NCC(=O)NCCOC)N1CCN(S(=O)(=O)CCOC(C)C)CC1.I. The maximum Gasteiger partial charge on any atom is 0.241 e. The number of hydrogen-bond acceptors (Lipinski definition) is 6. The predicted octanol–water partition coefficient (Wildman–Crippen LogP) is -0.295. The van der Waals surface area contributed by atoms with Crippen LogP contribution in [0, 0.1) is 0 Å². The molecule has 0 saturated carbocycles.